The van der Waals surface area contributed by atoms with Crippen LogP contribution in [0.2, 0.25) is 0 Å². The van der Waals surface area contributed by atoms with E-state index >= 15 is 0 Å². The van der Waals surface area contributed by atoms with Gasteiger partial charge in [-0.2, -0.15) is 0 Å². The van der Waals surface area contributed by atoms with Crippen molar-refractivity contribution in [3.8, 4) is 0 Å². The number of aryl methyl sites for hydroxylation is 4. The second-order valence-corrected chi connectivity index (χ2v) is 5.02. The van der Waals surface area contributed by atoms with Gasteiger partial charge in [0.25, 0.3) is 0 Å². The molecule has 2 nitrogen and oxygen atoms in total. The molecule has 1 aromatic heterocycles. The highest BCUT2D eigenvalue weighted by Gasteiger charge is 2.09. The molecule has 0 bridgehead atoms. The summed E-state index contributed by atoms with van der Waals surface area (Å²) in [5, 5.41) is 0. The molecule has 2 heteroatoms. The first-order valence-corrected chi connectivity index (χ1v) is 6.22. The summed E-state index contributed by atoms with van der Waals surface area (Å²) in [6, 6.07) is 8.46. The van der Waals surface area contributed by atoms with E-state index in [0.29, 0.717) is 0 Å². The Balaban J connectivity index is 2.59. The van der Waals surface area contributed by atoms with Crippen molar-refractivity contribution in [3.05, 3.63) is 46.5 Å². The number of hydrogen-bond donors (Lipinski definition) is 0. The molecule has 0 saturated carbocycles. The number of rotatable bonds is 0. The van der Waals surface area contributed by atoms with Gasteiger partial charge in [0.05, 0.1) is 22.1 Å². The Kier molecular flexibility index (Phi) is 2.34. The minimum atomic E-state index is 1.02. The van der Waals surface area contributed by atoms with Gasteiger partial charge in [0.15, 0.2) is 0 Å². The highest BCUT2D eigenvalue weighted by Crippen LogP contribution is 2.25. The minimum Gasteiger partial charge on any atom is -0.244 e. The maximum atomic E-state index is 4.84. The molecule has 0 spiro atoms. The standard InChI is InChI=1S/C16H16N2/c1-9-5-6-10(2)14-13(9)17-15-11(3)7-8-12(4)16(15)18-14/h5-8H,1-4H3. The highest BCUT2D eigenvalue weighted by molar-refractivity contribution is 5.92. The van der Waals surface area contributed by atoms with E-state index in [1.54, 1.807) is 0 Å². The Labute approximate surface area is 107 Å². The van der Waals surface area contributed by atoms with Gasteiger partial charge in [-0.15, -0.1) is 0 Å². The van der Waals surface area contributed by atoms with Crippen molar-refractivity contribution in [2.45, 2.75) is 27.7 Å². The van der Waals surface area contributed by atoms with Gasteiger partial charge in [-0.3, -0.25) is 0 Å². The molecule has 0 unspecified atom stereocenters. The molecule has 0 aliphatic heterocycles. The lowest BCUT2D eigenvalue weighted by atomic mass is 10.1. The normalized spacial score (nSPS) is 11.3. The second-order valence-electron chi connectivity index (χ2n) is 5.02. The topological polar surface area (TPSA) is 25.8 Å². The summed E-state index contributed by atoms with van der Waals surface area (Å²) in [5.74, 6) is 0. The van der Waals surface area contributed by atoms with Crippen LogP contribution in [0.25, 0.3) is 22.1 Å². The van der Waals surface area contributed by atoms with Crippen LogP contribution in [0.1, 0.15) is 22.3 Å². The van der Waals surface area contributed by atoms with Gasteiger partial charge in [-0.1, -0.05) is 24.3 Å². The molecule has 1 heterocycles. The zero-order valence-electron chi connectivity index (χ0n) is 11.2. The lowest BCUT2D eigenvalue weighted by Crippen LogP contribution is -1.95. The third-order valence-corrected chi connectivity index (χ3v) is 3.56. The van der Waals surface area contributed by atoms with Gasteiger partial charge in [0.2, 0.25) is 0 Å². The molecular weight excluding hydrogens is 220 g/mol. The van der Waals surface area contributed by atoms with Crippen LogP contribution in [-0.2, 0) is 0 Å². The van der Waals surface area contributed by atoms with Crippen LogP contribution in [0.4, 0.5) is 0 Å². The monoisotopic (exact) mass is 236 g/mol. The molecule has 0 fully saturated rings. The SMILES string of the molecule is Cc1ccc(C)c2nc3c(C)ccc(C)c3nc12. The fourth-order valence-electron chi connectivity index (χ4n) is 2.35. The van der Waals surface area contributed by atoms with Crippen molar-refractivity contribution in [1.29, 1.82) is 0 Å². The quantitative estimate of drug-likeness (QED) is 0.551. The first-order chi connectivity index (χ1) is 8.58. The predicted octanol–water partition coefficient (Wildman–Crippen LogP) is 4.02. The highest BCUT2D eigenvalue weighted by atomic mass is 14.8. The van der Waals surface area contributed by atoms with Crippen LogP contribution in [0.3, 0.4) is 0 Å². The molecule has 3 aromatic rings. The summed E-state index contributed by atoms with van der Waals surface area (Å²) in [6.45, 7) is 8.36. The molecular formula is C16H16N2. The van der Waals surface area contributed by atoms with Crippen molar-refractivity contribution in [2.24, 2.45) is 0 Å². The van der Waals surface area contributed by atoms with E-state index in [2.05, 4.69) is 52.0 Å². The van der Waals surface area contributed by atoms with Crippen molar-refractivity contribution in [2.75, 3.05) is 0 Å². The maximum Gasteiger partial charge on any atom is 0.0926 e. The fourth-order valence-corrected chi connectivity index (χ4v) is 2.35. The van der Waals surface area contributed by atoms with Crippen LogP contribution in [0.15, 0.2) is 24.3 Å². The second kappa shape index (κ2) is 3.77. The molecule has 0 atom stereocenters. The molecule has 0 amide bonds. The summed E-state index contributed by atoms with van der Waals surface area (Å²) < 4.78 is 0. The van der Waals surface area contributed by atoms with Gasteiger partial charge < -0.3 is 0 Å². The fraction of sp³-hybridized carbons (Fsp3) is 0.250. The Morgan fingerprint density at radius 2 is 0.722 bits per heavy atom. The average molecular weight is 236 g/mol. The third-order valence-electron chi connectivity index (χ3n) is 3.56. The zero-order valence-corrected chi connectivity index (χ0v) is 11.2. The Morgan fingerprint density at radius 3 is 0.944 bits per heavy atom. The molecule has 0 radical (unpaired) electrons. The lowest BCUT2D eigenvalue weighted by molar-refractivity contribution is 1.29. The van der Waals surface area contributed by atoms with Crippen molar-refractivity contribution in [3.63, 3.8) is 0 Å². The van der Waals surface area contributed by atoms with Crippen LogP contribution >= 0.6 is 0 Å². The van der Waals surface area contributed by atoms with Gasteiger partial charge in [0, 0.05) is 0 Å². The molecule has 0 aliphatic rings. The van der Waals surface area contributed by atoms with E-state index in [1.165, 1.54) is 22.3 Å². The Bertz CT molecular complexity index is 644. The smallest absolute Gasteiger partial charge is 0.0926 e. The van der Waals surface area contributed by atoms with Gasteiger partial charge in [0.1, 0.15) is 0 Å². The number of benzene rings is 2. The number of nitrogens with zero attached hydrogens (tertiary/aromatic N) is 2. The van der Waals surface area contributed by atoms with Crippen molar-refractivity contribution >= 4 is 22.1 Å². The molecule has 0 aliphatic carbocycles. The Morgan fingerprint density at radius 1 is 0.500 bits per heavy atom. The van der Waals surface area contributed by atoms with Crippen molar-refractivity contribution in [1.82, 2.24) is 9.97 Å². The van der Waals surface area contributed by atoms with Gasteiger partial charge >= 0.3 is 0 Å². The van der Waals surface area contributed by atoms with E-state index < -0.39 is 0 Å². The first-order valence-electron chi connectivity index (χ1n) is 6.22. The van der Waals surface area contributed by atoms with E-state index in [-0.39, 0.29) is 0 Å². The average Bonchev–Trinajstić information content (AvgIpc) is 2.37. The zero-order chi connectivity index (χ0) is 12.9. The molecule has 18 heavy (non-hydrogen) atoms. The van der Waals surface area contributed by atoms with E-state index in [4.69, 9.17) is 9.97 Å². The number of aromatic nitrogens is 2. The number of fused-ring (bicyclic) bond motifs is 2. The van der Waals surface area contributed by atoms with E-state index in [9.17, 15) is 0 Å². The van der Waals surface area contributed by atoms with Crippen LogP contribution in [-0.4, -0.2) is 9.97 Å². The lowest BCUT2D eigenvalue weighted by Gasteiger charge is -2.09. The Hall–Kier alpha value is -1.96. The summed E-state index contributed by atoms with van der Waals surface area (Å²) in [5.41, 5.74) is 8.84. The first kappa shape index (κ1) is 11.1. The summed E-state index contributed by atoms with van der Waals surface area (Å²) in [6.07, 6.45) is 0. The summed E-state index contributed by atoms with van der Waals surface area (Å²) in [7, 11) is 0. The molecule has 3 rings (SSSR count). The van der Waals surface area contributed by atoms with E-state index in [0.717, 1.165) is 22.1 Å². The summed E-state index contributed by atoms with van der Waals surface area (Å²) >= 11 is 0. The molecule has 0 saturated heterocycles. The van der Waals surface area contributed by atoms with Crippen LogP contribution in [0.5, 0.6) is 0 Å². The minimum absolute atomic E-state index is 1.02. The van der Waals surface area contributed by atoms with Crippen LogP contribution < -0.4 is 0 Å². The molecule has 0 N–H and O–H groups in total. The van der Waals surface area contributed by atoms with Gasteiger partial charge in [-0.05, 0) is 49.9 Å². The van der Waals surface area contributed by atoms with E-state index in [1.807, 2.05) is 0 Å². The largest absolute Gasteiger partial charge is 0.244 e. The molecule has 2 aromatic carbocycles. The predicted molar refractivity (Wildman–Crippen MR) is 76.0 cm³/mol. The van der Waals surface area contributed by atoms with Crippen molar-refractivity contribution < 1.29 is 0 Å². The number of hydrogen-bond acceptors (Lipinski definition) is 2. The summed E-state index contributed by atoms with van der Waals surface area (Å²) in [4.78, 5) is 9.67. The maximum absolute atomic E-state index is 4.84. The van der Waals surface area contributed by atoms with Gasteiger partial charge in [-0.25, -0.2) is 9.97 Å². The molecule has 90 valence electrons. The van der Waals surface area contributed by atoms with Crippen LogP contribution in [0, 0.1) is 27.7 Å². The third kappa shape index (κ3) is 1.49.